The Hall–Kier alpha value is -1.35. The van der Waals surface area contributed by atoms with Gasteiger partial charge < -0.3 is 5.73 Å². The summed E-state index contributed by atoms with van der Waals surface area (Å²) in [7, 11) is 0. The number of benzene rings is 1. The van der Waals surface area contributed by atoms with E-state index in [-0.39, 0.29) is 5.78 Å². The maximum Gasteiger partial charge on any atom is 0.176 e. The zero-order chi connectivity index (χ0) is 15.3. The second kappa shape index (κ2) is 4.84. The van der Waals surface area contributed by atoms with Crippen molar-refractivity contribution < 1.29 is 4.79 Å². The molecule has 0 aromatic heterocycles. The van der Waals surface area contributed by atoms with Gasteiger partial charge in [0.05, 0.1) is 6.54 Å². The first-order valence-corrected chi connectivity index (χ1v) is 7.89. The number of fused-ring (bicyclic) bond motifs is 2. The normalized spacial score (nSPS) is 31.3. The zero-order valence-corrected chi connectivity index (χ0v) is 13.4. The SMILES string of the molecule is CC1(C)CC2CC(C)(CN2CC(=O)c2ccc(N)cc2)C1. The molecule has 114 valence electrons. The van der Waals surface area contributed by atoms with Crippen molar-refractivity contribution in [3.63, 3.8) is 0 Å². The molecule has 3 nitrogen and oxygen atoms in total. The van der Waals surface area contributed by atoms with Crippen LogP contribution in [0.3, 0.4) is 0 Å². The van der Waals surface area contributed by atoms with E-state index in [1.54, 1.807) is 12.1 Å². The average Bonchev–Trinajstić information content (AvgIpc) is 2.58. The summed E-state index contributed by atoms with van der Waals surface area (Å²) >= 11 is 0. The van der Waals surface area contributed by atoms with E-state index in [1.165, 1.54) is 19.3 Å². The van der Waals surface area contributed by atoms with Crippen molar-refractivity contribution in [2.45, 2.75) is 46.1 Å². The first kappa shape index (κ1) is 14.6. The highest BCUT2D eigenvalue weighted by molar-refractivity contribution is 5.97. The largest absolute Gasteiger partial charge is 0.399 e. The van der Waals surface area contributed by atoms with E-state index in [2.05, 4.69) is 25.7 Å². The van der Waals surface area contributed by atoms with Crippen molar-refractivity contribution in [1.82, 2.24) is 4.90 Å². The second-order valence-corrected chi connectivity index (χ2v) is 8.16. The van der Waals surface area contributed by atoms with Gasteiger partial charge in [-0.25, -0.2) is 0 Å². The van der Waals surface area contributed by atoms with Gasteiger partial charge in [-0.3, -0.25) is 9.69 Å². The van der Waals surface area contributed by atoms with Crippen LogP contribution in [0.1, 0.15) is 50.4 Å². The minimum Gasteiger partial charge on any atom is -0.399 e. The summed E-state index contributed by atoms with van der Waals surface area (Å²) in [6.07, 6.45) is 3.71. The minimum absolute atomic E-state index is 0.212. The lowest BCUT2D eigenvalue weighted by Gasteiger charge is -2.39. The Morgan fingerprint density at radius 3 is 2.57 bits per heavy atom. The molecule has 0 amide bonds. The molecule has 1 saturated carbocycles. The molecule has 1 aliphatic heterocycles. The highest BCUT2D eigenvalue weighted by Crippen LogP contribution is 2.52. The number of hydrogen-bond acceptors (Lipinski definition) is 3. The van der Waals surface area contributed by atoms with Crippen LogP contribution >= 0.6 is 0 Å². The number of ketones is 1. The Kier molecular flexibility index (Phi) is 3.36. The number of carbonyl (C=O) groups excluding carboxylic acids is 1. The third-order valence-electron chi connectivity index (χ3n) is 5.10. The fourth-order valence-corrected chi connectivity index (χ4v) is 4.71. The summed E-state index contributed by atoms with van der Waals surface area (Å²) in [4.78, 5) is 14.9. The maximum atomic E-state index is 12.5. The molecule has 1 aliphatic carbocycles. The van der Waals surface area contributed by atoms with Crippen LogP contribution in [0.5, 0.6) is 0 Å². The maximum absolute atomic E-state index is 12.5. The Labute approximate surface area is 127 Å². The molecule has 0 spiro atoms. The van der Waals surface area contributed by atoms with Gasteiger partial charge in [0, 0.05) is 23.8 Å². The van der Waals surface area contributed by atoms with Gasteiger partial charge in [-0.15, -0.1) is 0 Å². The van der Waals surface area contributed by atoms with Crippen LogP contribution in [0.15, 0.2) is 24.3 Å². The summed E-state index contributed by atoms with van der Waals surface area (Å²) in [6, 6.07) is 7.85. The Bertz CT molecular complexity index is 549. The first-order chi connectivity index (χ1) is 9.76. The number of likely N-dealkylation sites (tertiary alicyclic amines) is 1. The lowest BCUT2D eigenvalue weighted by atomic mass is 9.65. The lowest BCUT2D eigenvalue weighted by molar-refractivity contribution is 0.0900. The average molecular weight is 286 g/mol. The summed E-state index contributed by atoms with van der Waals surface area (Å²) in [6.45, 7) is 8.71. The molecule has 3 rings (SSSR count). The molecule has 2 atom stereocenters. The molecule has 2 bridgehead atoms. The summed E-state index contributed by atoms with van der Waals surface area (Å²) in [5.41, 5.74) is 7.95. The summed E-state index contributed by atoms with van der Waals surface area (Å²) in [5, 5.41) is 0. The van der Waals surface area contributed by atoms with Crippen molar-refractivity contribution in [3.8, 4) is 0 Å². The van der Waals surface area contributed by atoms with E-state index in [0.717, 1.165) is 12.1 Å². The van der Waals surface area contributed by atoms with Gasteiger partial charge in [0.1, 0.15) is 0 Å². The quantitative estimate of drug-likeness (QED) is 0.684. The van der Waals surface area contributed by atoms with Crippen molar-refractivity contribution in [1.29, 1.82) is 0 Å². The molecule has 3 heteroatoms. The Balaban J connectivity index is 1.71. The molecule has 0 radical (unpaired) electrons. The van der Waals surface area contributed by atoms with Crippen LogP contribution in [0.4, 0.5) is 5.69 Å². The molecule has 2 aliphatic rings. The number of nitrogen functional groups attached to an aromatic ring is 1. The summed E-state index contributed by atoms with van der Waals surface area (Å²) in [5.74, 6) is 0.212. The van der Waals surface area contributed by atoms with E-state index in [1.807, 2.05) is 12.1 Å². The topological polar surface area (TPSA) is 46.3 Å². The molecule has 2 fully saturated rings. The highest BCUT2D eigenvalue weighted by atomic mass is 16.1. The predicted molar refractivity (Wildman–Crippen MR) is 86.3 cm³/mol. The van der Waals surface area contributed by atoms with Gasteiger partial charge in [-0.1, -0.05) is 20.8 Å². The molecule has 1 aromatic carbocycles. The number of hydrogen-bond donors (Lipinski definition) is 1. The van der Waals surface area contributed by atoms with Gasteiger partial charge in [0.15, 0.2) is 5.78 Å². The van der Waals surface area contributed by atoms with Gasteiger partial charge in [-0.2, -0.15) is 0 Å². The molecule has 21 heavy (non-hydrogen) atoms. The minimum atomic E-state index is 0.212. The van der Waals surface area contributed by atoms with Crippen LogP contribution in [0, 0.1) is 10.8 Å². The molecule has 2 unspecified atom stereocenters. The van der Waals surface area contributed by atoms with E-state index in [0.29, 0.717) is 29.1 Å². The first-order valence-electron chi connectivity index (χ1n) is 7.89. The van der Waals surface area contributed by atoms with Crippen molar-refractivity contribution in [2.24, 2.45) is 10.8 Å². The Morgan fingerprint density at radius 1 is 1.24 bits per heavy atom. The fourth-order valence-electron chi connectivity index (χ4n) is 4.71. The van der Waals surface area contributed by atoms with E-state index in [4.69, 9.17) is 5.73 Å². The molecule has 2 N–H and O–H groups in total. The van der Waals surface area contributed by atoms with Crippen LogP contribution in [0.25, 0.3) is 0 Å². The van der Waals surface area contributed by atoms with Gasteiger partial charge in [0.2, 0.25) is 0 Å². The Morgan fingerprint density at radius 2 is 1.90 bits per heavy atom. The predicted octanol–water partition coefficient (Wildman–Crippen LogP) is 3.35. The molecule has 1 saturated heterocycles. The van der Waals surface area contributed by atoms with Gasteiger partial charge in [0.25, 0.3) is 0 Å². The van der Waals surface area contributed by atoms with Gasteiger partial charge in [-0.05, 0) is 54.4 Å². The van der Waals surface area contributed by atoms with Crippen LogP contribution < -0.4 is 5.73 Å². The zero-order valence-electron chi connectivity index (χ0n) is 13.4. The fraction of sp³-hybridized carbons (Fsp3) is 0.611. The molecule has 1 heterocycles. The number of nitrogens with two attached hydrogens (primary N) is 1. The van der Waals surface area contributed by atoms with Crippen molar-refractivity contribution in [3.05, 3.63) is 29.8 Å². The van der Waals surface area contributed by atoms with E-state index >= 15 is 0 Å². The van der Waals surface area contributed by atoms with Crippen LogP contribution in [0.2, 0.25) is 0 Å². The van der Waals surface area contributed by atoms with Crippen molar-refractivity contribution in [2.75, 3.05) is 18.8 Å². The third kappa shape index (κ3) is 2.98. The number of rotatable bonds is 3. The highest BCUT2D eigenvalue weighted by Gasteiger charge is 2.49. The molecular weight excluding hydrogens is 260 g/mol. The van der Waals surface area contributed by atoms with Crippen LogP contribution in [-0.4, -0.2) is 29.8 Å². The molecular formula is C18H26N2O. The second-order valence-electron chi connectivity index (χ2n) is 8.16. The lowest BCUT2D eigenvalue weighted by Crippen LogP contribution is -2.36. The third-order valence-corrected chi connectivity index (χ3v) is 5.10. The number of Topliss-reactive ketones (excluding diaryl/α,β-unsaturated/α-hetero) is 1. The van der Waals surface area contributed by atoms with Gasteiger partial charge >= 0.3 is 0 Å². The number of nitrogens with zero attached hydrogens (tertiary/aromatic N) is 1. The number of carbonyl (C=O) groups is 1. The smallest absolute Gasteiger partial charge is 0.176 e. The van der Waals surface area contributed by atoms with E-state index in [9.17, 15) is 4.79 Å². The van der Waals surface area contributed by atoms with Crippen molar-refractivity contribution >= 4 is 11.5 Å². The monoisotopic (exact) mass is 286 g/mol. The standard InChI is InChI=1S/C18H26N2O/c1-17(2)8-15-9-18(3,11-17)12-20(15)10-16(21)13-4-6-14(19)7-5-13/h4-7,15H,8-12,19H2,1-3H3. The van der Waals surface area contributed by atoms with Crippen LogP contribution in [-0.2, 0) is 0 Å². The summed E-state index contributed by atoms with van der Waals surface area (Å²) < 4.78 is 0. The molecule has 1 aromatic rings. The van der Waals surface area contributed by atoms with E-state index < -0.39 is 0 Å². The number of anilines is 1.